The molecule has 0 aliphatic rings. The fraction of sp³-hybridized carbons (Fsp3) is 0.375. The van der Waals surface area contributed by atoms with E-state index in [-0.39, 0.29) is 0 Å². The van der Waals surface area contributed by atoms with Gasteiger partial charge in [-0.1, -0.05) is 34.1 Å². The molecule has 0 saturated carbocycles. The maximum Gasteiger partial charge on any atom is 0.104 e. The average molecular weight is 338 g/mol. The zero-order valence-electron chi connectivity index (χ0n) is 11.6. The Morgan fingerprint density at radius 3 is 2.80 bits per heavy atom. The molecule has 0 aliphatic heterocycles. The highest BCUT2D eigenvalue weighted by Crippen LogP contribution is 2.27. The molecule has 0 aliphatic carbocycles. The van der Waals surface area contributed by atoms with Crippen molar-refractivity contribution in [3.8, 4) is 0 Å². The monoisotopic (exact) mass is 337 g/mol. The second-order valence-corrected chi connectivity index (χ2v) is 5.55. The maximum absolute atomic E-state index is 5.49. The first kappa shape index (κ1) is 15.3. The molecule has 4 heteroatoms. The standard InChI is InChI=1S/C16H20BrNO2/c1-19-10-8-18-12-13(11-14-5-4-9-20-14)15-6-2-3-7-16(15)17/h2-7,9,13,18H,8,10-12H2,1H3. The average Bonchev–Trinajstić information content (AvgIpc) is 2.96. The minimum atomic E-state index is 0.369. The van der Waals surface area contributed by atoms with Crippen LogP contribution >= 0.6 is 15.9 Å². The molecule has 2 aromatic rings. The third kappa shape index (κ3) is 4.47. The molecule has 20 heavy (non-hydrogen) atoms. The van der Waals surface area contributed by atoms with E-state index in [1.807, 2.05) is 18.2 Å². The van der Waals surface area contributed by atoms with E-state index in [9.17, 15) is 0 Å². The predicted molar refractivity (Wildman–Crippen MR) is 84.0 cm³/mol. The lowest BCUT2D eigenvalue weighted by atomic mass is 9.94. The van der Waals surface area contributed by atoms with Crippen LogP contribution in [0.1, 0.15) is 17.2 Å². The molecular weight excluding hydrogens is 318 g/mol. The van der Waals surface area contributed by atoms with Crippen molar-refractivity contribution < 1.29 is 9.15 Å². The van der Waals surface area contributed by atoms with Crippen LogP contribution in [0.2, 0.25) is 0 Å². The van der Waals surface area contributed by atoms with E-state index < -0.39 is 0 Å². The number of benzene rings is 1. The summed E-state index contributed by atoms with van der Waals surface area (Å²) in [6.07, 6.45) is 2.61. The molecule has 1 aromatic carbocycles. The van der Waals surface area contributed by atoms with Crippen molar-refractivity contribution >= 4 is 15.9 Å². The Morgan fingerprint density at radius 2 is 2.10 bits per heavy atom. The van der Waals surface area contributed by atoms with E-state index >= 15 is 0 Å². The quantitative estimate of drug-likeness (QED) is 0.747. The Balaban J connectivity index is 2.05. The highest BCUT2D eigenvalue weighted by atomic mass is 79.9. The van der Waals surface area contributed by atoms with E-state index in [0.29, 0.717) is 5.92 Å². The molecule has 1 heterocycles. The number of hydrogen-bond acceptors (Lipinski definition) is 3. The number of hydrogen-bond donors (Lipinski definition) is 1. The summed E-state index contributed by atoms with van der Waals surface area (Å²) in [5.41, 5.74) is 1.30. The lowest BCUT2D eigenvalue weighted by Gasteiger charge is -2.18. The number of methoxy groups -OCH3 is 1. The molecule has 1 atom stereocenters. The molecular formula is C16H20BrNO2. The van der Waals surface area contributed by atoms with Gasteiger partial charge in [-0.2, -0.15) is 0 Å². The van der Waals surface area contributed by atoms with Gasteiger partial charge in [-0.3, -0.25) is 0 Å². The van der Waals surface area contributed by atoms with Gasteiger partial charge in [0.05, 0.1) is 12.9 Å². The Bertz CT molecular complexity index is 499. The van der Waals surface area contributed by atoms with Crippen LogP contribution in [0.15, 0.2) is 51.6 Å². The summed E-state index contributed by atoms with van der Waals surface area (Å²) in [4.78, 5) is 0. The predicted octanol–water partition coefficient (Wildman–Crippen LogP) is 3.60. The summed E-state index contributed by atoms with van der Waals surface area (Å²) in [5.74, 6) is 1.38. The van der Waals surface area contributed by atoms with Crippen LogP contribution in [0.25, 0.3) is 0 Å². The van der Waals surface area contributed by atoms with Crippen molar-refractivity contribution in [3.05, 3.63) is 58.5 Å². The molecule has 0 saturated heterocycles. The highest BCUT2D eigenvalue weighted by molar-refractivity contribution is 9.10. The SMILES string of the molecule is COCCNCC(Cc1ccco1)c1ccccc1Br. The van der Waals surface area contributed by atoms with Gasteiger partial charge in [0.2, 0.25) is 0 Å². The minimum Gasteiger partial charge on any atom is -0.469 e. The molecule has 1 aromatic heterocycles. The molecule has 0 amide bonds. The van der Waals surface area contributed by atoms with E-state index in [0.717, 1.165) is 36.4 Å². The van der Waals surface area contributed by atoms with Crippen molar-refractivity contribution in [1.82, 2.24) is 5.32 Å². The van der Waals surface area contributed by atoms with E-state index in [1.165, 1.54) is 5.56 Å². The zero-order valence-corrected chi connectivity index (χ0v) is 13.2. The summed E-state index contributed by atoms with van der Waals surface area (Å²) in [6.45, 7) is 2.48. The summed E-state index contributed by atoms with van der Waals surface area (Å²) >= 11 is 3.64. The van der Waals surface area contributed by atoms with Gasteiger partial charge in [-0.15, -0.1) is 0 Å². The molecule has 0 spiro atoms. The largest absolute Gasteiger partial charge is 0.469 e. The lowest BCUT2D eigenvalue weighted by molar-refractivity contribution is 0.199. The molecule has 0 radical (unpaired) electrons. The Hall–Kier alpha value is -1.10. The lowest BCUT2D eigenvalue weighted by Crippen LogP contribution is -2.26. The van der Waals surface area contributed by atoms with Gasteiger partial charge >= 0.3 is 0 Å². The summed E-state index contributed by atoms with van der Waals surface area (Å²) in [6, 6.07) is 12.3. The molecule has 3 nitrogen and oxygen atoms in total. The number of nitrogens with one attached hydrogen (secondary N) is 1. The van der Waals surface area contributed by atoms with Crippen LogP contribution in [0.4, 0.5) is 0 Å². The van der Waals surface area contributed by atoms with Gasteiger partial charge in [0, 0.05) is 37.0 Å². The van der Waals surface area contributed by atoms with Gasteiger partial charge in [0.15, 0.2) is 0 Å². The van der Waals surface area contributed by atoms with Crippen molar-refractivity contribution in [2.24, 2.45) is 0 Å². The first-order valence-corrected chi connectivity index (χ1v) is 7.57. The van der Waals surface area contributed by atoms with Crippen LogP contribution in [0, 0.1) is 0 Å². The Morgan fingerprint density at radius 1 is 1.25 bits per heavy atom. The number of furan rings is 1. The molecule has 1 N–H and O–H groups in total. The minimum absolute atomic E-state index is 0.369. The van der Waals surface area contributed by atoms with Crippen LogP contribution in [0.5, 0.6) is 0 Å². The van der Waals surface area contributed by atoms with Crippen molar-refractivity contribution in [1.29, 1.82) is 0 Å². The first-order valence-electron chi connectivity index (χ1n) is 6.77. The smallest absolute Gasteiger partial charge is 0.104 e. The van der Waals surface area contributed by atoms with Crippen LogP contribution < -0.4 is 5.32 Å². The summed E-state index contributed by atoms with van der Waals surface area (Å²) in [5, 5.41) is 3.44. The first-order chi connectivity index (χ1) is 9.81. The van der Waals surface area contributed by atoms with Crippen LogP contribution in [0.3, 0.4) is 0 Å². The number of ether oxygens (including phenoxy) is 1. The normalized spacial score (nSPS) is 12.5. The van der Waals surface area contributed by atoms with Gasteiger partial charge in [0.1, 0.15) is 5.76 Å². The zero-order chi connectivity index (χ0) is 14.2. The third-order valence-electron chi connectivity index (χ3n) is 3.25. The fourth-order valence-electron chi connectivity index (χ4n) is 2.22. The van der Waals surface area contributed by atoms with Gasteiger partial charge in [-0.05, 0) is 23.8 Å². The van der Waals surface area contributed by atoms with Gasteiger partial charge in [-0.25, -0.2) is 0 Å². The topological polar surface area (TPSA) is 34.4 Å². The van der Waals surface area contributed by atoms with Crippen LogP contribution in [-0.2, 0) is 11.2 Å². The second kappa shape index (κ2) is 8.25. The third-order valence-corrected chi connectivity index (χ3v) is 3.97. The number of halogens is 1. The molecule has 0 bridgehead atoms. The van der Waals surface area contributed by atoms with E-state index in [2.05, 4.69) is 39.4 Å². The second-order valence-electron chi connectivity index (χ2n) is 4.70. The van der Waals surface area contributed by atoms with E-state index in [4.69, 9.17) is 9.15 Å². The van der Waals surface area contributed by atoms with Crippen molar-refractivity contribution in [2.75, 3.05) is 26.8 Å². The van der Waals surface area contributed by atoms with Gasteiger partial charge in [0.25, 0.3) is 0 Å². The van der Waals surface area contributed by atoms with Gasteiger partial charge < -0.3 is 14.5 Å². The number of rotatable bonds is 8. The van der Waals surface area contributed by atoms with E-state index in [1.54, 1.807) is 13.4 Å². The summed E-state index contributed by atoms with van der Waals surface area (Å²) in [7, 11) is 1.72. The van der Waals surface area contributed by atoms with Crippen molar-refractivity contribution in [2.45, 2.75) is 12.3 Å². The summed E-state index contributed by atoms with van der Waals surface area (Å²) < 4.78 is 11.7. The highest BCUT2D eigenvalue weighted by Gasteiger charge is 2.16. The molecule has 108 valence electrons. The van der Waals surface area contributed by atoms with Crippen LogP contribution in [-0.4, -0.2) is 26.8 Å². The molecule has 0 fully saturated rings. The molecule has 2 rings (SSSR count). The Kier molecular flexibility index (Phi) is 6.30. The fourth-order valence-corrected chi connectivity index (χ4v) is 2.83. The van der Waals surface area contributed by atoms with Crippen molar-refractivity contribution in [3.63, 3.8) is 0 Å². The Labute approximate surface area is 128 Å². The molecule has 1 unspecified atom stereocenters. The maximum atomic E-state index is 5.49.